The number of aryl methyl sites for hydroxylation is 1. The monoisotopic (exact) mass is 279 g/mol. The minimum atomic E-state index is -0.349. The maximum Gasteiger partial charge on any atom is 0.332 e. The predicted molar refractivity (Wildman–Crippen MR) is 75.5 cm³/mol. The summed E-state index contributed by atoms with van der Waals surface area (Å²) in [6.07, 6.45) is 2.87. The molecule has 0 bridgehead atoms. The van der Waals surface area contributed by atoms with E-state index in [1.54, 1.807) is 11.6 Å². The first-order valence-electron chi connectivity index (χ1n) is 6.63. The Balaban J connectivity index is 2.64. The Morgan fingerprint density at radius 2 is 2.15 bits per heavy atom. The van der Waals surface area contributed by atoms with Crippen LogP contribution in [0.5, 0.6) is 0 Å². The first-order valence-corrected chi connectivity index (χ1v) is 6.63. The van der Waals surface area contributed by atoms with Crippen LogP contribution in [-0.4, -0.2) is 25.3 Å². The van der Waals surface area contributed by atoms with Crippen LogP contribution >= 0.6 is 0 Å². The number of ether oxygens (including phenoxy) is 1. The molecule has 0 saturated carbocycles. The van der Waals surface area contributed by atoms with Crippen LogP contribution in [0.15, 0.2) is 15.9 Å². The molecule has 1 radical (unpaired) electrons. The van der Waals surface area contributed by atoms with Gasteiger partial charge in [0.25, 0.3) is 5.56 Å². The van der Waals surface area contributed by atoms with Crippen molar-refractivity contribution < 1.29 is 4.74 Å². The van der Waals surface area contributed by atoms with Gasteiger partial charge in [-0.2, -0.15) is 0 Å². The van der Waals surface area contributed by atoms with Gasteiger partial charge in [-0.05, 0) is 13.3 Å². The highest BCUT2D eigenvalue weighted by Crippen LogP contribution is 2.06. The van der Waals surface area contributed by atoms with Crippen LogP contribution in [0.1, 0.15) is 19.8 Å². The summed E-state index contributed by atoms with van der Waals surface area (Å²) in [5.74, 6) is 0. The SMILES string of the molecule is [CH2]CCCn1c(=O)c2c(ncn2COCC)n(C)c1=O. The van der Waals surface area contributed by atoms with E-state index in [-0.39, 0.29) is 18.0 Å². The van der Waals surface area contributed by atoms with Crippen LogP contribution in [0.4, 0.5) is 0 Å². The Morgan fingerprint density at radius 3 is 2.80 bits per heavy atom. The molecular formula is C13H19N4O3. The number of unbranched alkanes of at least 4 members (excludes halogenated alkanes) is 1. The molecule has 2 heterocycles. The third-order valence-electron chi connectivity index (χ3n) is 3.17. The van der Waals surface area contributed by atoms with Gasteiger partial charge in [-0.15, -0.1) is 0 Å². The van der Waals surface area contributed by atoms with Crippen molar-refractivity contribution in [2.45, 2.75) is 33.0 Å². The molecular weight excluding hydrogens is 260 g/mol. The minimum Gasteiger partial charge on any atom is -0.361 e. The van der Waals surface area contributed by atoms with E-state index in [1.807, 2.05) is 6.92 Å². The van der Waals surface area contributed by atoms with Crippen LogP contribution in [0.2, 0.25) is 0 Å². The minimum absolute atomic E-state index is 0.246. The van der Waals surface area contributed by atoms with Gasteiger partial charge in [0.1, 0.15) is 6.73 Å². The molecule has 7 heteroatoms. The average molecular weight is 279 g/mol. The molecule has 0 amide bonds. The lowest BCUT2D eigenvalue weighted by Crippen LogP contribution is -2.39. The summed E-state index contributed by atoms with van der Waals surface area (Å²) >= 11 is 0. The molecule has 2 aromatic rings. The van der Waals surface area contributed by atoms with Crippen LogP contribution in [0.25, 0.3) is 11.2 Å². The third kappa shape index (κ3) is 2.40. The van der Waals surface area contributed by atoms with Crippen LogP contribution in [-0.2, 0) is 25.1 Å². The summed E-state index contributed by atoms with van der Waals surface area (Å²) in [5, 5.41) is 0. The molecule has 7 nitrogen and oxygen atoms in total. The van der Waals surface area contributed by atoms with E-state index in [0.29, 0.717) is 37.2 Å². The van der Waals surface area contributed by atoms with Crippen molar-refractivity contribution in [1.29, 1.82) is 0 Å². The summed E-state index contributed by atoms with van der Waals surface area (Å²) in [5.41, 5.74) is 0.0987. The molecule has 0 saturated heterocycles. The number of aromatic nitrogens is 4. The Bertz CT molecular complexity index is 711. The first kappa shape index (κ1) is 14.5. The number of fused-ring (bicyclic) bond motifs is 1. The number of hydrogen-bond donors (Lipinski definition) is 0. The lowest BCUT2D eigenvalue weighted by Gasteiger charge is -2.09. The Kier molecular flexibility index (Phi) is 4.39. The number of imidazole rings is 1. The van der Waals surface area contributed by atoms with Crippen molar-refractivity contribution in [2.24, 2.45) is 7.05 Å². The molecule has 0 N–H and O–H groups in total. The molecule has 0 aromatic carbocycles. The van der Waals surface area contributed by atoms with Gasteiger partial charge in [0.15, 0.2) is 11.2 Å². The number of hydrogen-bond acceptors (Lipinski definition) is 4. The second kappa shape index (κ2) is 6.04. The molecule has 2 rings (SSSR count). The zero-order valence-electron chi connectivity index (χ0n) is 11.8. The van der Waals surface area contributed by atoms with Crippen LogP contribution in [0.3, 0.4) is 0 Å². The summed E-state index contributed by atoms with van der Waals surface area (Å²) < 4.78 is 9.56. The van der Waals surface area contributed by atoms with Gasteiger partial charge in [0.2, 0.25) is 0 Å². The van der Waals surface area contributed by atoms with E-state index in [9.17, 15) is 9.59 Å². The molecule has 0 unspecified atom stereocenters. The molecule has 109 valence electrons. The first-order chi connectivity index (χ1) is 9.61. The lowest BCUT2D eigenvalue weighted by atomic mass is 10.3. The molecule has 0 fully saturated rings. The second-order valence-electron chi connectivity index (χ2n) is 4.51. The summed E-state index contributed by atoms with van der Waals surface area (Å²) in [7, 11) is 1.61. The summed E-state index contributed by atoms with van der Waals surface area (Å²) in [6.45, 7) is 6.76. The highest BCUT2D eigenvalue weighted by Gasteiger charge is 2.15. The average Bonchev–Trinajstić information content (AvgIpc) is 2.87. The third-order valence-corrected chi connectivity index (χ3v) is 3.17. The van der Waals surface area contributed by atoms with Crippen molar-refractivity contribution in [3.05, 3.63) is 34.1 Å². The van der Waals surface area contributed by atoms with Crippen molar-refractivity contribution in [1.82, 2.24) is 18.7 Å². The maximum atomic E-state index is 12.5. The molecule has 0 spiro atoms. The van der Waals surface area contributed by atoms with E-state index < -0.39 is 0 Å². The Labute approximate surface area is 116 Å². The normalized spacial score (nSPS) is 11.3. The topological polar surface area (TPSA) is 71.0 Å². The summed E-state index contributed by atoms with van der Waals surface area (Å²) in [4.78, 5) is 28.8. The van der Waals surface area contributed by atoms with Gasteiger partial charge >= 0.3 is 5.69 Å². The van der Waals surface area contributed by atoms with E-state index in [2.05, 4.69) is 11.9 Å². The fourth-order valence-electron chi connectivity index (χ4n) is 2.08. The predicted octanol–water partition coefficient (Wildman–Crippen LogP) is 0.505. The standard InChI is InChI=1S/C13H19N4O3/c1-4-6-7-17-12(18)10-11(15(3)13(17)19)14-8-16(10)9-20-5-2/h8H,1,4-7,9H2,2-3H3. The van der Waals surface area contributed by atoms with Gasteiger partial charge in [-0.3, -0.25) is 13.9 Å². The van der Waals surface area contributed by atoms with Gasteiger partial charge in [-0.1, -0.05) is 13.3 Å². The van der Waals surface area contributed by atoms with Crippen molar-refractivity contribution in [3.63, 3.8) is 0 Å². The van der Waals surface area contributed by atoms with Gasteiger partial charge < -0.3 is 9.30 Å². The van der Waals surface area contributed by atoms with E-state index in [0.717, 1.165) is 0 Å². The van der Waals surface area contributed by atoms with Crippen LogP contribution < -0.4 is 11.2 Å². The molecule has 0 aliphatic heterocycles. The smallest absolute Gasteiger partial charge is 0.332 e. The number of rotatable bonds is 6. The van der Waals surface area contributed by atoms with Crippen molar-refractivity contribution in [2.75, 3.05) is 6.61 Å². The van der Waals surface area contributed by atoms with Gasteiger partial charge in [-0.25, -0.2) is 9.78 Å². The molecule has 20 heavy (non-hydrogen) atoms. The van der Waals surface area contributed by atoms with Gasteiger partial charge in [0.05, 0.1) is 6.33 Å². The zero-order chi connectivity index (χ0) is 14.7. The largest absolute Gasteiger partial charge is 0.361 e. The lowest BCUT2D eigenvalue weighted by molar-refractivity contribution is 0.0903. The second-order valence-corrected chi connectivity index (χ2v) is 4.51. The molecule has 0 atom stereocenters. The highest BCUT2D eigenvalue weighted by atomic mass is 16.5. The zero-order valence-corrected chi connectivity index (χ0v) is 11.8. The fraction of sp³-hybridized carbons (Fsp3) is 0.538. The summed E-state index contributed by atoms with van der Waals surface area (Å²) in [6, 6.07) is 0. The fourth-order valence-corrected chi connectivity index (χ4v) is 2.08. The maximum absolute atomic E-state index is 12.5. The molecule has 2 aromatic heterocycles. The van der Waals surface area contributed by atoms with E-state index in [1.165, 1.54) is 15.5 Å². The van der Waals surface area contributed by atoms with Crippen molar-refractivity contribution in [3.8, 4) is 0 Å². The Morgan fingerprint density at radius 1 is 1.40 bits per heavy atom. The molecule has 0 aliphatic rings. The number of nitrogens with zero attached hydrogens (tertiary/aromatic N) is 4. The van der Waals surface area contributed by atoms with Crippen molar-refractivity contribution >= 4 is 11.2 Å². The van der Waals surface area contributed by atoms with Gasteiger partial charge in [0, 0.05) is 20.2 Å². The highest BCUT2D eigenvalue weighted by molar-refractivity contribution is 5.69. The quantitative estimate of drug-likeness (QED) is 0.772. The van der Waals surface area contributed by atoms with E-state index >= 15 is 0 Å². The van der Waals surface area contributed by atoms with Crippen LogP contribution in [0, 0.1) is 6.92 Å². The Hall–Kier alpha value is -1.89. The van der Waals surface area contributed by atoms with E-state index in [4.69, 9.17) is 4.74 Å². The molecule has 0 aliphatic carbocycles.